The molecule has 1 fully saturated rings. The number of rotatable bonds is 5. The van der Waals surface area contributed by atoms with Crippen molar-refractivity contribution in [3.63, 3.8) is 0 Å². The zero-order chi connectivity index (χ0) is 17.1. The van der Waals surface area contributed by atoms with Crippen LogP contribution in [-0.2, 0) is 7.05 Å². The molecule has 1 saturated heterocycles. The van der Waals surface area contributed by atoms with E-state index < -0.39 is 0 Å². The minimum absolute atomic E-state index is 0.0555. The first kappa shape index (κ1) is 16.5. The predicted molar refractivity (Wildman–Crippen MR) is 94.0 cm³/mol. The lowest BCUT2D eigenvalue weighted by atomic mass is 10.1. The molecule has 6 nitrogen and oxygen atoms in total. The number of carbonyl (C=O) groups is 1. The summed E-state index contributed by atoms with van der Waals surface area (Å²) in [7, 11) is 1.90. The third-order valence-corrected chi connectivity index (χ3v) is 4.71. The third-order valence-electron chi connectivity index (χ3n) is 4.71. The maximum absolute atomic E-state index is 12.9. The maximum atomic E-state index is 12.9. The lowest BCUT2D eigenvalue weighted by Crippen LogP contribution is -2.30. The summed E-state index contributed by atoms with van der Waals surface area (Å²) >= 11 is 0. The van der Waals surface area contributed by atoms with E-state index in [1.165, 1.54) is 0 Å². The standard InChI is InChI=1S/C18H25N5O/c1-4-22(5-2)17-9-8-14(11-19-17)18(24)23-10-6-7-16(23)15-12-20-21(3)13-15/h8-9,11-13,16H,4-7,10H2,1-3H3/t16-/m1/s1. The normalized spacial score (nSPS) is 17.3. The molecule has 0 bridgehead atoms. The van der Waals surface area contributed by atoms with Gasteiger partial charge in [0, 0.05) is 44.6 Å². The quantitative estimate of drug-likeness (QED) is 0.847. The Labute approximate surface area is 143 Å². The molecule has 0 radical (unpaired) electrons. The van der Waals surface area contributed by atoms with Gasteiger partial charge >= 0.3 is 0 Å². The fraction of sp³-hybridized carbons (Fsp3) is 0.500. The van der Waals surface area contributed by atoms with Gasteiger partial charge in [-0.05, 0) is 38.8 Å². The van der Waals surface area contributed by atoms with Gasteiger partial charge in [-0.2, -0.15) is 5.10 Å². The average Bonchev–Trinajstić information content (AvgIpc) is 3.24. The Morgan fingerprint density at radius 3 is 2.67 bits per heavy atom. The smallest absolute Gasteiger partial charge is 0.255 e. The van der Waals surface area contributed by atoms with Crippen molar-refractivity contribution in [2.24, 2.45) is 7.05 Å². The monoisotopic (exact) mass is 327 g/mol. The second-order valence-electron chi connectivity index (χ2n) is 6.18. The lowest BCUT2D eigenvalue weighted by molar-refractivity contribution is 0.0735. The Balaban J connectivity index is 1.78. The first-order valence-electron chi connectivity index (χ1n) is 8.64. The molecule has 2 aromatic heterocycles. The summed E-state index contributed by atoms with van der Waals surface area (Å²) < 4.78 is 1.79. The van der Waals surface area contributed by atoms with Gasteiger partial charge in [0.25, 0.3) is 5.91 Å². The SMILES string of the molecule is CCN(CC)c1ccc(C(=O)N2CCC[C@@H]2c2cnn(C)c2)cn1. The molecule has 2 aromatic rings. The molecule has 1 aliphatic heterocycles. The van der Waals surface area contributed by atoms with Crippen molar-refractivity contribution in [3.05, 3.63) is 41.9 Å². The molecule has 0 N–H and O–H groups in total. The van der Waals surface area contributed by atoms with Crippen LogP contribution in [0.2, 0.25) is 0 Å². The average molecular weight is 327 g/mol. The highest BCUT2D eigenvalue weighted by molar-refractivity contribution is 5.94. The summed E-state index contributed by atoms with van der Waals surface area (Å²) in [6.07, 6.45) is 7.57. The largest absolute Gasteiger partial charge is 0.357 e. The fourth-order valence-corrected chi connectivity index (χ4v) is 3.38. The predicted octanol–water partition coefficient (Wildman–Crippen LogP) is 2.64. The molecule has 3 heterocycles. The molecule has 1 atom stereocenters. The first-order chi connectivity index (χ1) is 11.6. The molecule has 0 aliphatic carbocycles. The number of nitrogens with zero attached hydrogens (tertiary/aromatic N) is 5. The van der Waals surface area contributed by atoms with Crippen LogP contribution in [-0.4, -0.2) is 45.2 Å². The van der Waals surface area contributed by atoms with Gasteiger partial charge in [-0.25, -0.2) is 4.98 Å². The number of aryl methyl sites for hydroxylation is 1. The van der Waals surface area contributed by atoms with Crippen molar-refractivity contribution in [3.8, 4) is 0 Å². The number of pyridine rings is 1. The van der Waals surface area contributed by atoms with Crippen molar-refractivity contribution >= 4 is 11.7 Å². The number of likely N-dealkylation sites (tertiary alicyclic amines) is 1. The highest BCUT2D eigenvalue weighted by Gasteiger charge is 2.31. The van der Waals surface area contributed by atoms with Crippen LogP contribution in [0.4, 0.5) is 5.82 Å². The molecule has 6 heteroatoms. The highest BCUT2D eigenvalue weighted by atomic mass is 16.2. The van der Waals surface area contributed by atoms with Gasteiger partial charge in [-0.3, -0.25) is 9.48 Å². The number of hydrogen-bond donors (Lipinski definition) is 0. The summed E-state index contributed by atoms with van der Waals surface area (Å²) in [6.45, 7) is 6.81. The van der Waals surface area contributed by atoms with E-state index in [4.69, 9.17) is 0 Å². The molecule has 0 aromatic carbocycles. The fourth-order valence-electron chi connectivity index (χ4n) is 3.38. The van der Waals surface area contributed by atoms with Crippen LogP contribution in [0.5, 0.6) is 0 Å². The summed E-state index contributed by atoms with van der Waals surface area (Å²) in [5.41, 5.74) is 1.76. The summed E-state index contributed by atoms with van der Waals surface area (Å²) in [4.78, 5) is 21.5. The Bertz CT molecular complexity index is 690. The number of amides is 1. The Hall–Kier alpha value is -2.37. The van der Waals surface area contributed by atoms with Gasteiger partial charge in [0.05, 0.1) is 17.8 Å². The van der Waals surface area contributed by atoms with Gasteiger partial charge in [0.15, 0.2) is 0 Å². The van der Waals surface area contributed by atoms with E-state index >= 15 is 0 Å². The van der Waals surface area contributed by atoms with E-state index in [0.29, 0.717) is 5.56 Å². The van der Waals surface area contributed by atoms with Crippen LogP contribution in [0.3, 0.4) is 0 Å². The van der Waals surface area contributed by atoms with Gasteiger partial charge in [-0.15, -0.1) is 0 Å². The van der Waals surface area contributed by atoms with Gasteiger partial charge in [0.1, 0.15) is 5.82 Å². The Kier molecular flexibility index (Phi) is 4.83. The van der Waals surface area contributed by atoms with E-state index in [-0.39, 0.29) is 11.9 Å². The van der Waals surface area contributed by atoms with E-state index in [1.54, 1.807) is 10.9 Å². The molecule has 0 saturated carbocycles. The molecule has 0 unspecified atom stereocenters. The van der Waals surface area contributed by atoms with E-state index in [1.807, 2.05) is 36.5 Å². The van der Waals surface area contributed by atoms with Gasteiger partial charge in [0.2, 0.25) is 0 Å². The van der Waals surface area contributed by atoms with Crippen molar-refractivity contribution in [1.29, 1.82) is 0 Å². The summed E-state index contributed by atoms with van der Waals surface area (Å²) in [5.74, 6) is 0.974. The molecular weight excluding hydrogens is 302 g/mol. The van der Waals surface area contributed by atoms with Gasteiger partial charge in [-0.1, -0.05) is 0 Å². The van der Waals surface area contributed by atoms with E-state index in [0.717, 1.165) is 43.9 Å². The number of anilines is 1. The molecule has 128 valence electrons. The molecule has 0 spiro atoms. The van der Waals surface area contributed by atoms with Crippen LogP contribution in [0.25, 0.3) is 0 Å². The number of carbonyl (C=O) groups excluding carboxylic acids is 1. The van der Waals surface area contributed by atoms with E-state index in [9.17, 15) is 4.79 Å². The van der Waals surface area contributed by atoms with Crippen LogP contribution in [0, 0.1) is 0 Å². The second kappa shape index (κ2) is 7.03. The van der Waals surface area contributed by atoms with Crippen LogP contribution < -0.4 is 4.90 Å². The second-order valence-corrected chi connectivity index (χ2v) is 6.18. The minimum Gasteiger partial charge on any atom is -0.357 e. The maximum Gasteiger partial charge on any atom is 0.255 e. The van der Waals surface area contributed by atoms with E-state index in [2.05, 4.69) is 28.8 Å². The molecule has 3 rings (SSSR count). The Morgan fingerprint density at radius 2 is 2.08 bits per heavy atom. The van der Waals surface area contributed by atoms with Crippen LogP contribution in [0.15, 0.2) is 30.7 Å². The summed E-state index contributed by atoms with van der Waals surface area (Å²) in [5, 5.41) is 4.24. The molecule has 24 heavy (non-hydrogen) atoms. The van der Waals surface area contributed by atoms with Gasteiger partial charge < -0.3 is 9.80 Å². The first-order valence-corrected chi connectivity index (χ1v) is 8.64. The molecular formula is C18H25N5O. The van der Waals surface area contributed by atoms with Crippen molar-refractivity contribution in [2.75, 3.05) is 24.5 Å². The third kappa shape index (κ3) is 3.13. The number of aromatic nitrogens is 3. The summed E-state index contributed by atoms with van der Waals surface area (Å²) in [6, 6.07) is 3.95. The zero-order valence-corrected chi connectivity index (χ0v) is 14.6. The van der Waals surface area contributed by atoms with Crippen molar-refractivity contribution < 1.29 is 4.79 Å². The topological polar surface area (TPSA) is 54.3 Å². The van der Waals surface area contributed by atoms with Crippen molar-refractivity contribution in [2.45, 2.75) is 32.7 Å². The van der Waals surface area contributed by atoms with Crippen molar-refractivity contribution in [1.82, 2.24) is 19.7 Å². The molecule has 1 aliphatic rings. The Morgan fingerprint density at radius 1 is 1.29 bits per heavy atom. The molecule has 1 amide bonds. The highest BCUT2D eigenvalue weighted by Crippen LogP contribution is 2.32. The minimum atomic E-state index is 0.0555. The van der Waals surface area contributed by atoms with Crippen LogP contribution in [0.1, 0.15) is 48.7 Å². The zero-order valence-electron chi connectivity index (χ0n) is 14.6. The number of hydrogen-bond acceptors (Lipinski definition) is 4. The van der Waals surface area contributed by atoms with Crippen LogP contribution >= 0.6 is 0 Å². The lowest BCUT2D eigenvalue weighted by Gasteiger charge is -2.24.